The summed E-state index contributed by atoms with van der Waals surface area (Å²) in [5.41, 5.74) is 6.10. The van der Waals surface area contributed by atoms with Crippen LogP contribution in [0.5, 0.6) is 0 Å². The summed E-state index contributed by atoms with van der Waals surface area (Å²) in [6, 6.07) is 2.16. The molecule has 20 heavy (non-hydrogen) atoms. The second-order valence-corrected chi connectivity index (χ2v) is 7.55. The maximum Gasteiger partial charge on any atom is 0.244 e. The van der Waals surface area contributed by atoms with Crippen molar-refractivity contribution in [1.29, 1.82) is 0 Å². The van der Waals surface area contributed by atoms with E-state index < -0.39 is 15.8 Å². The molecule has 1 fully saturated rings. The van der Waals surface area contributed by atoms with Gasteiger partial charge in [0.15, 0.2) is 0 Å². The second kappa shape index (κ2) is 5.60. The van der Waals surface area contributed by atoms with E-state index in [2.05, 4.69) is 0 Å². The Labute approximate surface area is 123 Å². The van der Waals surface area contributed by atoms with Gasteiger partial charge in [0, 0.05) is 18.6 Å². The largest absolute Gasteiger partial charge is 0.328 e. The van der Waals surface area contributed by atoms with Gasteiger partial charge in [-0.25, -0.2) is 12.8 Å². The van der Waals surface area contributed by atoms with Crippen molar-refractivity contribution in [2.45, 2.75) is 43.7 Å². The molecule has 0 spiro atoms. The minimum atomic E-state index is -3.73. The molecule has 1 aliphatic heterocycles. The highest BCUT2D eigenvalue weighted by Gasteiger charge is 2.34. The zero-order valence-corrected chi connectivity index (χ0v) is 13.0. The third-order valence-electron chi connectivity index (χ3n) is 3.66. The molecule has 0 radical (unpaired) electrons. The average Bonchev–Trinajstić information content (AvgIpc) is 2.33. The van der Waals surface area contributed by atoms with Gasteiger partial charge in [0.1, 0.15) is 10.7 Å². The fourth-order valence-corrected chi connectivity index (χ4v) is 4.73. The molecule has 2 atom stereocenters. The van der Waals surface area contributed by atoms with Gasteiger partial charge >= 0.3 is 0 Å². The maximum absolute atomic E-state index is 13.4. The summed E-state index contributed by atoms with van der Waals surface area (Å²) in [6.45, 7) is 3.69. The molecular formula is C13H18ClFN2O2S. The molecule has 0 amide bonds. The lowest BCUT2D eigenvalue weighted by molar-refractivity contribution is 0.247. The quantitative estimate of drug-likeness (QED) is 0.909. The molecule has 0 bridgehead atoms. The van der Waals surface area contributed by atoms with Gasteiger partial charge in [-0.05, 0) is 44.4 Å². The van der Waals surface area contributed by atoms with Crippen molar-refractivity contribution in [2.75, 3.05) is 6.54 Å². The normalized spacial score (nSPS) is 24.9. The Bertz CT molecular complexity index is 621. The summed E-state index contributed by atoms with van der Waals surface area (Å²) in [7, 11) is -3.73. The van der Waals surface area contributed by atoms with E-state index in [9.17, 15) is 12.8 Å². The van der Waals surface area contributed by atoms with Gasteiger partial charge in [0.2, 0.25) is 10.0 Å². The molecule has 1 aliphatic rings. The first-order valence-corrected chi connectivity index (χ1v) is 8.28. The van der Waals surface area contributed by atoms with Crippen molar-refractivity contribution < 1.29 is 12.8 Å². The van der Waals surface area contributed by atoms with Crippen LogP contribution in [0.2, 0.25) is 5.02 Å². The lowest BCUT2D eigenvalue weighted by Gasteiger charge is -2.35. The molecule has 1 saturated heterocycles. The molecular weight excluding hydrogens is 303 g/mol. The number of piperidine rings is 1. The second-order valence-electron chi connectivity index (χ2n) is 5.28. The lowest BCUT2D eigenvalue weighted by Crippen LogP contribution is -2.48. The molecule has 1 aromatic rings. The number of hydrogen-bond acceptors (Lipinski definition) is 3. The summed E-state index contributed by atoms with van der Waals surface area (Å²) >= 11 is 5.91. The van der Waals surface area contributed by atoms with Crippen LogP contribution in [0.4, 0.5) is 4.39 Å². The fourth-order valence-electron chi connectivity index (χ4n) is 2.50. The van der Waals surface area contributed by atoms with Gasteiger partial charge in [-0.15, -0.1) is 0 Å². The van der Waals surface area contributed by atoms with Crippen molar-refractivity contribution >= 4 is 21.6 Å². The van der Waals surface area contributed by atoms with E-state index in [4.69, 9.17) is 17.3 Å². The van der Waals surface area contributed by atoms with E-state index in [1.807, 2.05) is 6.92 Å². The summed E-state index contributed by atoms with van der Waals surface area (Å²) in [4.78, 5) is -0.0413. The lowest BCUT2D eigenvalue weighted by atomic mass is 10.0. The van der Waals surface area contributed by atoms with Gasteiger partial charge in [-0.1, -0.05) is 11.6 Å². The van der Waals surface area contributed by atoms with E-state index in [0.29, 0.717) is 19.4 Å². The first-order valence-electron chi connectivity index (χ1n) is 6.46. The first-order chi connectivity index (χ1) is 9.23. The average molecular weight is 321 g/mol. The minimum absolute atomic E-state index is 0.0156. The van der Waals surface area contributed by atoms with Crippen LogP contribution in [0.15, 0.2) is 17.0 Å². The topological polar surface area (TPSA) is 63.4 Å². The summed E-state index contributed by atoms with van der Waals surface area (Å²) in [5.74, 6) is -0.511. The number of rotatable bonds is 2. The molecule has 112 valence electrons. The zero-order chi connectivity index (χ0) is 15.1. The molecule has 0 aliphatic carbocycles. The van der Waals surface area contributed by atoms with E-state index >= 15 is 0 Å². The van der Waals surface area contributed by atoms with Crippen molar-refractivity contribution in [3.63, 3.8) is 0 Å². The predicted molar refractivity (Wildman–Crippen MR) is 76.7 cm³/mol. The monoisotopic (exact) mass is 320 g/mol. The summed E-state index contributed by atoms with van der Waals surface area (Å²) in [5, 5.41) is -0.0878. The van der Waals surface area contributed by atoms with Gasteiger partial charge in [0.25, 0.3) is 0 Å². The van der Waals surface area contributed by atoms with E-state index in [-0.39, 0.29) is 27.6 Å². The molecule has 2 rings (SSSR count). The van der Waals surface area contributed by atoms with Crippen molar-refractivity contribution in [3.05, 3.63) is 28.5 Å². The summed E-state index contributed by atoms with van der Waals surface area (Å²) < 4.78 is 40.1. The number of nitrogens with two attached hydrogens (primary N) is 1. The summed E-state index contributed by atoms with van der Waals surface area (Å²) in [6.07, 6.45) is 1.22. The third kappa shape index (κ3) is 2.83. The van der Waals surface area contributed by atoms with Gasteiger partial charge < -0.3 is 5.73 Å². The molecule has 1 aromatic carbocycles. The van der Waals surface area contributed by atoms with Crippen molar-refractivity contribution in [2.24, 2.45) is 5.73 Å². The highest BCUT2D eigenvalue weighted by atomic mass is 35.5. The van der Waals surface area contributed by atoms with Crippen molar-refractivity contribution in [3.8, 4) is 0 Å². The molecule has 0 saturated carbocycles. The van der Waals surface area contributed by atoms with Crippen LogP contribution >= 0.6 is 11.6 Å². The predicted octanol–water partition coefficient (Wildman–Crippen LogP) is 2.29. The minimum Gasteiger partial charge on any atom is -0.328 e. The Morgan fingerprint density at radius 3 is 2.70 bits per heavy atom. The number of halogens is 2. The Kier molecular flexibility index (Phi) is 4.39. The van der Waals surface area contributed by atoms with Gasteiger partial charge in [-0.3, -0.25) is 0 Å². The smallest absolute Gasteiger partial charge is 0.244 e. The number of aryl methyl sites for hydroxylation is 1. The molecule has 4 nitrogen and oxygen atoms in total. The Balaban J connectivity index is 2.43. The Morgan fingerprint density at radius 1 is 1.45 bits per heavy atom. The third-order valence-corrected chi connectivity index (χ3v) is 6.13. The highest BCUT2D eigenvalue weighted by molar-refractivity contribution is 7.89. The van der Waals surface area contributed by atoms with Crippen molar-refractivity contribution in [1.82, 2.24) is 4.31 Å². The van der Waals surface area contributed by atoms with Gasteiger partial charge in [-0.2, -0.15) is 4.31 Å². The van der Waals surface area contributed by atoms with E-state index in [1.165, 1.54) is 17.3 Å². The first kappa shape index (κ1) is 15.7. The molecule has 0 unspecified atom stereocenters. The fraction of sp³-hybridized carbons (Fsp3) is 0.538. The number of nitrogens with zero attached hydrogens (tertiary/aromatic N) is 1. The number of hydrogen-bond donors (Lipinski definition) is 1. The van der Waals surface area contributed by atoms with Gasteiger partial charge in [0.05, 0.1) is 5.02 Å². The van der Waals surface area contributed by atoms with Crippen LogP contribution in [0.3, 0.4) is 0 Å². The van der Waals surface area contributed by atoms with Crippen LogP contribution < -0.4 is 5.73 Å². The van der Waals surface area contributed by atoms with Crippen LogP contribution in [-0.4, -0.2) is 31.4 Å². The number of benzene rings is 1. The standard InChI is InChI=1S/C13H18ClFN2O2S/c1-8-5-13(11(14)7-12(8)15)20(18,19)17-4-3-10(16)6-9(17)2/h5,7,9-10H,3-4,6,16H2,1-2H3/t9-,10-/m0/s1. The SMILES string of the molecule is Cc1cc(S(=O)(=O)N2CC[C@H](N)C[C@@H]2C)c(Cl)cc1F. The molecule has 7 heteroatoms. The van der Waals surface area contributed by atoms with Crippen LogP contribution in [0.1, 0.15) is 25.3 Å². The van der Waals surface area contributed by atoms with Crippen LogP contribution in [0, 0.1) is 12.7 Å². The Hall–Kier alpha value is -0.690. The Morgan fingerprint density at radius 2 is 2.10 bits per heavy atom. The van der Waals surface area contributed by atoms with Crippen LogP contribution in [-0.2, 0) is 10.0 Å². The highest BCUT2D eigenvalue weighted by Crippen LogP contribution is 2.30. The van der Waals surface area contributed by atoms with E-state index in [1.54, 1.807) is 0 Å². The molecule has 0 aromatic heterocycles. The molecule has 1 heterocycles. The zero-order valence-electron chi connectivity index (χ0n) is 11.4. The number of sulfonamides is 1. The van der Waals surface area contributed by atoms with Crippen LogP contribution in [0.25, 0.3) is 0 Å². The van der Waals surface area contributed by atoms with E-state index in [0.717, 1.165) is 6.07 Å². The molecule has 2 N–H and O–H groups in total. The maximum atomic E-state index is 13.4.